The summed E-state index contributed by atoms with van der Waals surface area (Å²) in [5.74, 6) is 9.92. The van der Waals surface area contributed by atoms with Crippen LogP contribution in [0.4, 0.5) is 8.78 Å². The first-order valence-corrected chi connectivity index (χ1v) is 11.3. The molecule has 3 aromatic carbocycles. The molecule has 162 valence electrons. The molecule has 3 rings (SSSR count). The zero-order valence-corrected chi connectivity index (χ0v) is 18.8. The quantitative estimate of drug-likeness (QED) is 0.284. The van der Waals surface area contributed by atoms with Gasteiger partial charge in [-0.25, -0.2) is 8.78 Å². The van der Waals surface area contributed by atoms with Crippen molar-refractivity contribution >= 4 is 0 Å². The van der Waals surface area contributed by atoms with Crippen LogP contribution in [0.5, 0.6) is 0 Å². The fraction of sp³-hybridized carbons (Fsp3) is 0.267. The number of hydrogen-bond donors (Lipinski definition) is 0. The van der Waals surface area contributed by atoms with Crippen molar-refractivity contribution in [3.05, 3.63) is 106 Å². The van der Waals surface area contributed by atoms with Crippen molar-refractivity contribution in [1.29, 1.82) is 0 Å². The van der Waals surface area contributed by atoms with Gasteiger partial charge in [-0.3, -0.25) is 0 Å². The molecular weight excluding hydrogens is 398 g/mol. The minimum absolute atomic E-state index is 0.230. The van der Waals surface area contributed by atoms with Crippen molar-refractivity contribution in [3.8, 4) is 23.7 Å². The van der Waals surface area contributed by atoms with Crippen LogP contribution >= 0.6 is 0 Å². The summed E-state index contributed by atoms with van der Waals surface area (Å²) in [7, 11) is 0. The SMILES string of the molecule is CCCCCc1ccc(C#Cc2c(F)cc(C#Cc3ccc(CCC)cc3)cc2F)cc1. The molecule has 0 atom stereocenters. The van der Waals surface area contributed by atoms with E-state index < -0.39 is 11.6 Å². The molecule has 0 N–H and O–H groups in total. The third-order valence-electron chi connectivity index (χ3n) is 5.24. The minimum atomic E-state index is -0.698. The van der Waals surface area contributed by atoms with E-state index in [0.717, 1.165) is 36.8 Å². The molecule has 3 aromatic rings. The van der Waals surface area contributed by atoms with E-state index in [1.165, 1.54) is 36.1 Å². The first kappa shape index (κ1) is 23.3. The Hall–Kier alpha value is -3.36. The van der Waals surface area contributed by atoms with Crippen LogP contribution in [0, 0.1) is 35.3 Å². The smallest absolute Gasteiger partial charge is 0.143 e. The highest BCUT2D eigenvalue weighted by Gasteiger charge is 2.08. The normalized spacial score (nSPS) is 10.1. The number of aryl methyl sites for hydroxylation is 2. The van der Waals surface area contributed by atoms with Gasteiger partial charge in [0.05, 0.1) is 5.56 Å². The molecule has 0 saturated carbocycles. The number of hydrogen-bond acceptors (Lipinski definition) is 0. The molecule has 32 heavy (non-hydrogen) atoms. The molecule has 0 nitrogen and oxygen atoms in total. The lowest BCUT2D eigenvalue weighted by atomic mass is 10.0. The Kier molecular flexibility index (Phi) is 8.65. The Balaban J connectivity index is 1.72. The van der Waals surface area contributed by atoms with Crippen molar-refractivity contribution < 1.29 is 8.78 Å². The van der Waals surface area contributed by atoms with Crippen molar-refractivity contribution in [2.45, 2.75) is 52.4 Å². The second kappa shape index (κ2) is 11.9. The Bertz CT molecular complexity index is 1120. The van der Waals surface area contributed by atoms with Gasteiger partial charge < -0.3 is 0 Å². The van der Waals surface area contributed by atoms with Crippen molar-refractivity contribution in [2.75, 3.05) is 0 Å². The van der Waals surface area contributed by atoms with E-state index in [0.29, 0.717) is 5.56 Å². The number of unbranched alkanes of at least 4 members (excludes halogenated alkanes) is 2. The van der Waals surface area contributed by atoms with E-state index in [2.05, 4.69) is 37.5 Å². The van der Waals surface area contributed by atoms with Gasteiger partial charge in [0, 0.05) is 16.7 Å². The molecule has 0 radical (unpaired) electrons. The van der Waals surface area contributed by atoms with E-state index >= 15 is 0 Å². The summed E-state index contributed by atoms with van der Waals surface area (Å²) in [6, 6.07) is 18.3. The first-order chi connectivity index (χ1) is 15.6. The van der Waals surface area contributed by atoms with Crippen LogP contribution in [0.3, 0.4) is 0 Å². The molecule has 0 aliphatic rings. The number of halogens is 2. The van der Waals surface area contributed by atoms with Gasteiger partial charge in [-0.1, -0.05) is 81.1 Å². The van der Waals surface area contributed by atoms with Gasteiger partial charge in [0.1, 0.15) is 11.6 Å². The first-order valence-electron chi connectivity index (χ1n) is 11.3. The predicted molar refractivity (Wildman–Crippen MR) is 128 cm³/mol. The maximum atomic E-state index is 14.5. The summed E-state index contributed by atoms with van der Waals surface area (Å²) < 4.78 is 29.0. The lowest BCUT2D eigenvalue weighted by Gasteiger charge is -2.01. The second-order valence-electron chi connectivity index (χ2n) is 7.92. The van der Waals surface area contributed by atoms with Crippen molar-refractivity contribution in [1.82, 2.24) is 0 Å². The predicted octanol–water partition coefficient (Wildman–Crippen LogP) is 7.45. The fourth-order valence-electron chi connectivity index (χ4n) is 3.42. The summed E-state index contributed by atoms with van der Waals surface area (Å²) in [6.45, 7) is 4.32. The largest absolute Gasteiger partial charge is 0.205 e. The monoisotopic (exact) mass is 426 g/mol. The van der Waals surface area contributed by atoms with Gasteiger partial charge >= 0.3 is 0 Å². The zero-order valence-electron chi connectivity index (χ0n) is 18.8. The van der Waals surface area contributed by atoms with Crippen LogP contribution < -0.4 is 0 Å². The molecule has 0 amide bonds. The van der Waals surface area contributed by atoms with Gasteiger partial charge in [-0.15, -0.1) is 0 Å². The van der Waals surface area contributed by atoms with Crippen LogP contribution in [-0.4, -0.2) is 0 Å². The van der Waals surface area contributed by atoms with E-state index in [-0.39, 0.29) is 5.56 Å². The van der Waals surface area contributed by atoms with Gasteiger partial charge in [-0.2, -0.15) is 0 Å². The van der Waals surface area contributed by atoms with Gasteiger partial charge in [-0.05, 0) is 66.8 Å². The van der Waals surface area contributed by atoms with Crippen LogP contribution in [0.2, 0.25) is 0 Å². The summed E-state index contributed by atoms with van der Waals surface area (Å²) in [6.07, 6.45) is 6.72. The molecule has 0 aromatic heterocycles. The summed E-state index contributed by atoms with van der Waals surface area (Å²) in [5, 5.41) is 0. The molecule has 0 heterocycles. The highest BCUT2D eigenvalue weighted by atomic mass is 19.1. The summed E-state index contributed by atoms with van der Waals surface area (Å²) >= 11 is 0. The Morgan fingerprint density at radius 3 is 1.59 bits per heavy atom. The van der Waals surface area contributed by atoms with E-state index in [9.17, 15) is 8.78 Å². The number of rotatable bonds is 6. The van der Waals surface area contributed by atoms with Crippen LogP contribution in [-0.2, 0) is 12.8 Å². The molecule has 0 aliphatic heterocycles. The highest BCUT2D eigenvalue weighted by Crippen LogP contribution is 2.15. The molecule has 0 bridgehead atoms. The lowest BCUT2D eigenvalue weighted by Crippen LogP contribution is -1.93. The minimum Gasteiger partial charge on any atom is -0.205 e. The van der Waals surface area contributed by atoms with Gasteiger partial charge in [0.2, 0.25) is 0 Å². The molecule has 0 spiro atoms. The third kappa shape index (κ3) is 6.83. The van der Waals surface area contributed by atoms with E-state index in [4.69, 9.17) is 0 Å². The van der Waals surface area contributed by atoms with Crippen LogP contribution in [0.25, 0.3) is 0 Å². The van der Waals surface area contributed by atoms with Crippen molar-refractivity contribution in [3.63, 3.8) is 0 Å². The topological polar surface area (TPSA) is 0 Å². The molecule has 0 fully saturated rings. The second-order valence-corrected chi connectivity index (χ2v) is 7.92. The van der Waals surface area contributed by atoms with Gasteiger partial charge in [0.15, 0.2) is 0 Å². The fourth-order valence-corrected chi connectivity index (χ4v) is 3.42. The Morgan fingerprint density at radius 1 is 0.562 bits per heavy atom. The van der Waals surface area contributed by atoms with E-state index in [1.807, 2.05) is 48.5 Å². The maximum absolute atomic E-state index is 14.5. The van der Waals surface area contributed by atoms with E-state index in [1.54, 1.807) is 0 Å². The Labute approximate surface area is 190 Å². The van der Waals surface area contributed by atoms with Crippen molar-refractivity contribution in [2.24, 2.45) is 0 Å². The lowest BCUT2D eigenvalue weighted by molar-refractivity contribution is 0.577. The molecule has 0 aliphatic carbocycles. The average molecular weight is 427 g/mol. The van der Waals surface area contributed by atoms with Crippen LogP contribution in [0.1, 0.15) is 72.9 Å². The van der Waals surface area contributed by atoms with Gasteiger partial charge in [0.25, 0.3) is 0 Å². The summed E-state index contributed by atoms with van der Waals surface area (Å²) in [5.41, 5.74) is 4.12. The standard InChI is InChI=1S/C30H28F2/c1-3-5-6-8-24-11-15-26(16-12-24)19-20-28-29(31)21-27(22-30(28)32)18-17-25-13-9-23(7-4-2)10-14-25/h9-16,21-22H,3-8H2,1-2H3. The molecule has 0 unspecified atom stereocenters. The summed E-state index contributed by atoms with van der Waals surface area (Å²) in [4.78, 5) is 0. The molecular formula is C30H28F2. The third-order valence-corrected chi connectivity index (χ3v) is 5.24. The maximum Gasteiger partial charge on any atom is 0.143 e. The van der Waals surface area contributed by atoms with Crippen LogP contribution in [0.15, 0.2) is 60.7 Å². The Morgan fingerprint density at radius 2 is 1.06 bits per heavy atom. The average Bonchev–Trinajstić information content (AvgIpc) is 2.79. The molecule has 0 saturated heterocycles. The molecule has 2 heteroatoms. The number of benzene rings is 3. The zero-order chi connectivity index (χ0) is 22.8. The highest BCUT2D eigenvalue weighted by molar-refractivity contribution is 5.49.